The van der Waals surface area contributed by atoms with Crippen LogP contribution in [0.3, 0.4) is 0 Å². The molecule has 2 amide bonds. The number of nitrogens with one attached hydrogen (secondary N) is 2. The Balaban J connectivity index is 1.68. The van der Waals surface area contributed by atoms with E-state index in [0.29, 0.717) is 49.6 Å². The zero-order valence-corrected chi connectivity index (χ0v) is 16.3. The van der Waals surface area contributed by atoms with Gasteiger partial charge in [-0.3, -0.25) is 9.59 Å². The summed E-state index contributed by atoms with van der Waals surface area (Å²) >= 11 is 5.78. The van der Waals surface area contributed by atoms with E-state index in [1.54, 1.807) is 31.2 Å². The van der Waals surface area contributed by atoms with Crippen LogP contribution < -0.4 is 10.6 Å². The first-order valence-electron chi connectivity index (χ1n) is 8.63. The fraction of sp³-hybridized carbons (Fsp3) is 0.529. The second-order valence-electron chi connectivity index (χ2n) is 6.13. The summed E-state index contributed by atoms with van der Waals surface area (Å²) in [5.41, 5.74) is 0.505. The predicted octanol–water partition coefficient (Wildman–Crippen LogP) is 1.25. The van der Waals surface area contributed by atoms with Crippen LogP contribution in [0, 0.1) is 5.92 Å². The van der Waals surface area contributed by atoms with E-state index in [-0.39, 0.29) is 23.5 Å². The molecule has 7 nitrogen and oxygen atoms in total. The maximum Gasteiger partial charge on any atom is 0.251 e. The fourth-order valence-corrected chi connectivity index (χ4v) is 4.05. The number of benzene rings is 1. The minimum Gasteiger partial charge on any atom is -0.354 e. The van der Waals surface area contributed by atoms with Gasteiger partial charge in [0.05, 0.1) is 5.75 Å². The number of carbonyl (C=O) groups excluding carboxylic acids is 2. The van der Waals surface area contributed by atoms with Crippen molar-refractivity contribution in [2.45, 2.75) is 19.8 Å². The molecule has 0 aliphatic carbocycles. The van der Waals surface area contributed by atoms with Gasteiger partial charge in [0.25, 0.3) is 5.91 Å². The molecule has 2 N–H and O–H groups in total. The molecule has 0 atom stereocenters. The molecule has 1 aromatic rings. The zero-order chi connectivity index (χ0) is 19.2. The van der Waals surface area contributed by atoms with Crippen LogP contribution in [0.4, 0.5) is 0 Å². The third-order valence-electron chi connectivity index (χ3n) is 4.40. The lowest BCUT2D eigenvalue weighted by Crippen LogP contribution is -2.44. The molecule has 0 radical (unpaired) electrons. The van der Waals surface area contributed by atoms with Gasteiger partial charge in [-0.1, -0.05) is 11.6 Å². The molecule has 0 saturated carbocycles. The average molecular weight is 402 g/mol. The van der Waals surface area contributed by atoms with E-state index in [9.17, 15) is 18.0 Å². The Morgan fingerprint density at radius 3 is 2.27 bits per heavy atom. The summed E-state index contributed by atoms with van der Waals surface area (Å²) in [7, 11) is -3.18. The Hall–Kier alpha value is -1.64. The molecule has 26 heavy (non-hydrogen) atoms. The van der Waals surface area contributed by atoms with Crippen molar-refractivity contribution in [1.29, 1.82) is 0 Å². The molecule has 9 heteroatoms. The summed E-state index contributed by atoms with van der Waals surface area (Å²) in [5.74, 6) is -0.435. The van der Waals surface area contributed by atoms with E-state index in [1.807, 2.05) is 0 Å². The molecule has 144 valence electrons. The molecule has 1 aliphatic heterocycles. The lowest BCUT2D eigenvalue weighted by Gasteiger charge is -2.30. The highest BCUT2D eigenvalue weighted by Gasteiger charge is 2.29. The molecule has 2 rings (SSSR count). The summed E-state index contributed by atoms with van der Waals surface area (Å²) < 4.78 is 25.1. The van der Waals surface area contributed by atoms with Crippen molar-refractivity contribution >= 4 is 33.4 Å². The van der Waals surface area contributed by atoms with Crippen LogP contribution >= 0.6 is 11.6 Å². The molecule has 0 unspecified atom stereocenters. The minimum absolute atomic E-state index is 0.0805. The fourth-order valence-electron chi connectivity index (χ4n) is 2.79. The molecule has 1 aromatic carbocycles. The summed E-state index contributed by atoms with van der Waals surface area (Å²) in [5, 5.41) is 6.08. The number of sulfonamides is 1. The number of nitrogens with zero attached hydrogens (tertiary/aromatic N) is 1. The Labute approximate surface area is 159 Å². The lowest BCUT2D eigenvalue weighted by molar-refractivity contribution is -0.126. The Kier molecular flexibility index (Phi) is 7.43. The SMILES string of the molecule is CCS(=O)(=O)N1CCC(C(=O)NCCNC(=O)c2ccc(Cl)cc2)CC1. The standard InChI is InChI=1S/C17H24ClN3O4S/c1-2-26(24,25)21-11-7-14(8-12-21)17(23)20-10-9-19-16(22)13-3-5-15(18)6-4-13/h3-6,14H,2,7-12H2,1H3,(H,19,22)(H,20,23). The minimum atomic E-state index is -3.18. The van der Waals surface area contributed by atoms with Crippen LogP contribution in [0.15, 0.2) is 24.3 Å². The van der Waals surface area contributed by atoms with Gasteiger partial charge in [-0.05, 0) is 44.0 Å². The average Bonchev–Trinajstić information content (AvgIpc) is 2.65. The molecule has 0 spiro atoms. The smallest absolute Gasteiger partial charge is 0.251 e. The van der Waals surface area contributed by atoms with Gasteiger partial charge in [0.1, 0.15) is 0 Å². The van der Waals surface area contributed by atoms with E-state index in [4.69, 9.17) is 11.6 Å². The van der Waals surface area contributed by atoms with E-state index in [0.717, 1.165) is 0 Å². The number of hydrogen-bond acceptors (Lipinski definition) is 4. The molecule has 0 bridgehead atoms. The van der Waals surface area contributed by atoms with E-state index in [2.05, 4.69) is 10.6 Å². The number of carbonyl (C=O) groups is 2. The first-order chi connectivity index (χ1) is 12.3. The monoisotopic (exact) mass is 401 g/mol. The van der Waals surface area contributed by atoms with Crippen molar-refractivity contribution in [2.75, 3.05) is 31.9 Å². The molecule has 1 saturated heterocycles. The van der Waals surface area contributed by atoms with Crippen LogP contribution in [0.25, 0.3) is 0 Å². The zero-order valence-electron chi connectivity index (χ0n) is 14.7. The number of halogens is 1. The number of amides is 2. The molecular formula is C17H24ClN3O4S. The van der Waals surface area contributed by atoms with Gasteiger partial charge < -0.3 is 10.6 Å². The third kappa shape index (κ3) is 5.69. The summed E-state index contributed by atoms with van der Waals surface area (Å²) in [6, 6.07) is 6.55. The van der Waals surface area contributed by atoms with Gasteiger partial charge in [0, 0.05) is 42.7 Å². The van der Waals surface area contributed by atoms with Gasteiger partial charge in [-0.15, -0.1) is 0 Å². The second-order valence-corrected chi connectivity index (χ2v) is 8.82. The molecule has 1 heterocycles. The predicted molar refractivity (Wildman–Crippen MR) is 101 cm³/mol. The van der Waals surface area contributed by atoms with Crippen molar-refractivity contribution < 1.29 is 18.0 Å². The first kappa shape index (κ1) is 20.7. The number of hydrogen-bond donors (Lipinski definition) is 2. The van der Waals surface area contributed by atoms with Gasteiger partial charge in [-0.25, -0.2) is 12.7 Å². The van der Waals surface area contributed by atoms with Crippen LogP contribution in [-0.4, -0.2) is 56.5 Å². The number of piperidine rings is 1. The summed E-state index contributed by atoms with van der Waals surface area (Å²) in [6.07, 6.45) is 1.03. The molecular weight excluding hydrogens is 378 g/mol. The normalized spacial score (nSPS) is 16.2. The quantitative estimate of drug-likeness (QED) is 0.672. The lowest BCUT2D eigenvalue weighted by atomic mass is 9.97. The van der Waals surface area contributed by atoms with Crippen molar-refractivity contribution in [1.82, 2.24) is 14.9 Å². The van der Waals surface area contributed by atoms with Crippen molar-refractivity contribution in [3.8, 4) is 0 Å². The Bertz CT molecular complexity index is 729. The maximum absolute atomic E-state index is 12.2. The van der Waals surface area contributed by atoms with Gasteiger partial charge in [0.15, 0.2) is 0 Å². The van der Waals surface area contributed by atoms with Crippen LogP contribution in [0.5, 0.6) is 0 Å². The van der Waals surface area contributed by atoms with Gasteiger partial charge in [0.2, 0.25) is 15.9 Å². The summed E-state index contributed by atoms with van der Waals surface area (Å²) in [6.45, 7) is 3.01. The Morgan fingerprint density at radius 2 is 1.69 bits per heavy atom. The van der Waals surface area contributed by atoms with Crippen molar-refractivity contribution in [3.63, 3.8) is 0 Å². The maximum atomic E-state index is 12.2. The van der Waals surface area contributed by atoms with Crippen molar-refractivity contribution in [2.24, 2.45) is 5.92 Å². The van der Waals surface area contributed by atoms with Crippen LogP contribution in [-0.2, 0) is 14.8 Å². The molecule has 0 aromatic heterocycles. The van der Waals surface area contributed by atoms with Crippen LogP contribution in [0.2, 0.25) is 5.02 Å². The van der Waals surface area contributed by atoms with Gasteiger partial charge >= 0.3 is 0 Å². The summed E-state index contributed by atoms with van der Waals surface area (Å²) in [4.78, 5) is 24.1. The third-order valence-corrected chi connectivity index (χ3v) is 6.53. The highest BCUT2D eigenvalue weighted by molar-refractivity contribution is 7.89. The topological polar surface area (TPSA) is 95.6 Å². The Morgan fingerprint density at radius 1 is 1.12 bits per heavy atom. The van der Waals surface area contributed by atoms with Crippen LogP contribution in [0.1, 0.15) is 30.1 Å². The molecule has 1 fully saturated rings. The van der Waals surface area contributed by atoms with E-state index >= 15 is 0 Å². The second kappa shape index (κ2) is 9.34. The number of rotatable bonds is 7. The van der Waals surface area contributed by atoms with E-state index < -0.39 is 10.0 Å². The highest BCUT2D eigenvalue weighted by Crippen LogP contribution is 2.19. The highest BCUT2D eigenvalue weighted by atomic mass is 35.5. The first-order valence-corrected chi connectivity index (χ1v) is 10.6. The van der Waals surface area contributed by atoms with Gasteiger partial charge in [-0.2, -0.15) is 0 Å². The largest absolute Gasteiger partial charge is 0.354 e. The van der Waals surface area contributed by atoms with E-state index in [1.165, 1.54) is 4.31 Å². The molecule has 1 aliphatic rings. The van der Waals surface area contributed by atoms with Crippen molar-refractivity contribution in [3.05, 3.63) is 34.9 Å².